The van der Waals surface area contributed by atoms with Crippen molar-refractivity contribution in [3.05, 3.63) is 0 Å². The fourth-order valence-electron chi connectivity index (χ4n) is 1.50. The van der Waals surface area contributed by atoms with E-state index in [0.29, 0.717) is 12.8 Å². The van der Waals surface area contributed by atoms with E-state index in [4.69, 9.17) is 9.47 Å². The quantitative estimate of drug-likeness (QED) is 0.726. The van der Waals surface area contributed by atoms with Gasteiger partial charge in [-0.15, -0.1) is 0 Å². The van der Waals surface area contributed by atoms with E-state index in [1.54, 1.807) is 27.7 Å². The van der Waals surface area contributed by atoms with Gasteiger partial charge in [0.25, 0.3) is 0 Å². The molecule has 0 aliphatic heterocycles. The van der Waals surface area contributed by atoms with Crippen molar-refractivity contribution in [1.29, 1.82) is 0 Å². The Morgan fingerprint density at radius 1 is 1.20 bits per heavy atom. The van der Waals surface area contributed by atoms with Crippen LogP contribution in [0.25, 0.3) is 0 Å². The Balaban J connectivity index is 4.47. The van der Waals surface area contributed by atoms with Gasteiger partial charge in [0.05, 0.1) is 13.0 Å². The van der Waals surface area contributed by atoms with Crippen LogP contribution in [0.15, 0.2) is 0 Å². The topological polar surface area (TPSA) is 81.7 Å². The first-order valence-corrected chi connectivity index (χ1v) is 6.78. The molecule has 0 spiro atoms. The number of carbonyl (C=O) groups excluding carboxylic acids is 3. The molecule has 0 aromatic carbocycles. The second-order valence-corrected chi connectivity index (χ2v) is 5.59. The molecule has 1 N–H and O–H groups in total. The van der Waals surface area contributed by atoms with Crippen molar-refractivity contribution < 1.29 is 23.9 Å². The number of rotatable bonds is 7. The van der Waals surface area contributed by atoms with E-state index < -0.39 is 23.7 Å². The molecule has 0 aliphatic rings. The molecule has 0 heterocycles. The van der Waals surface area contributed by atoms with Gasteiger partial charge in [-0.25, -0.2) is 4.79 Å². The Morgan fingerprint density at radius 3 is 2.25 bits per heavy atom. The van der Waals surface area contributed by atoms with Gasteiger partial charge >= 0.3 is 12.1 Å². The van der Waals surface area contributed by atoms with Crippen molar-refractivity contribution in [3.63, 3.8) is 0 Å². The molecule has 0 rings (SSSR count). The minimum atomic E-state index is -0.612. The molecular formula is C14H25NO5. The first kappa shape index (κ1) is 18.4. The van der Waals surface area contributed by atoms with Crippen LogP contribution in [0.5, 0.6) is 0 Å². The third-order valence-electron chi connectivity index (χ3n) is 2.28. The van der Waals surface area contributed by atoms with Gasteiger partial charge in [-0.3, -0.25) is 4.79 Å². The number of nitrogens with one attached hydrogen (secondary N) is 1. The number of alkyl carbamates (subject to hydrolysis) is 1. The lowest BCUT2D eigenvalue weighted by atomic mass is 10.1. The highest BCUT2D eigenvalue weighted by Crippen LogP contribution is 2.09. The van der Waals surface area contributed by atoms with Gasteiger partial charge < -0.3 is 19.6 Å². The van der Waals surface area contributed by atoms with E-state index in [2.05, 4.69) is 5.32 Å². The number of hydrogen-bond acceptors (Lipinski definition) is 5. The molecule has 1 atom stereocenters. The Kier molecular flexibility index (Phi) is 7.87. The first-order chi connectivity index (χ1) is 9.14. The monoisotopic (exact) mass is 287 g/mol. The first-order valence-electron chi connectivity index (χ1n) is 6.78. The minimum absolute atomic E-state index is 0.00449. The molecule has 20 heavy (non-hydrogen) atoms. The zero-order valence-corrected chi connectivity index (χ0v) is 12.9. The molecule has 0 aromatic heterocycles. The summed E-state index contributed by atoms with van der Waals surface area (Å²) in [5.41, 5.74) is -0.612. The maximum absolute atomic E-state index is 11.7. The third kappa shape index (κ3) is 10.3. The van der Waals surface area contributed by atoms with Crippen LogP contribution in [0.4, 0.5) is 4.79 Å². The van der Waals surface area contributed by atoms with Gasteiger partial charge in [-0.1, -0.05) is 0 Å². The van der Waals surface area contributed by atoms with Crippen LogP contribution in [0.3, 0.4) is 0 Å². The average Bonchev–Trinajstić information content (AvgIpc) is 2.23. The summed E-state index contributed by atoms with van der Waals surface area (Å²) in [5, 5.41) is 2.60. The maximum atomic E-state index is 11.7. The number of ketones is 1. The van der Waals surface area contributed by atoms with Crippen molar-refractivity contribution in [2.24, 2.45) is 0 Å². The number of hydrogen-bond donors (Lipinski definition) is 1. The summed E-state index contributed by atoms with van der Waals surface area (Å²) in [6.45, 7) is 8.72. The molecule has 6 nitrogen and oxygen atoms in total. The summed E-state index contributed by atoms with van der Waals surface area (Å²) >= 11 is 0. The summed E-state index contributed by atoms with van der Waals surface area (Å²) in [4.78, 5) is 34.2. The molecule has 1 amide bonds. The smallest absolute Gasteiger partial charge is 0.407 e. The van der Waals surface area contributed by atoms with Gasteiger partial charge in [0.2, 0.25) is 0 Å². The fourth-order valence-corrected chi connectivity index (χ4v) is 1.50. The Bertz CT molecular complexity index is 346. The SMILES string of the molecule is CCOC(=O)C[C@H](CCC(C)=O)NC(=O)OC(C)(C)C. The van der Waals surface area contributed by atoms with Crippen LogP contribution < -0.4 is 5.32 Å². The molecular weight excluding hydrogens is 262 g/mol. The maximum Gasteiger partial charge on any atom is 0.407 e. The average molecular weight is 287 g/mol. The van der Waals surface area contributed by atoms with Crippen molar-refractivity contribution in [1.82, 2.24) is 5.32 Å². The highest BCUT2D eigenvalue weighted by molar-refractivity contribution is 5.76. The molecule has 0 saturated heterocycles. The molecule has 0 fully saturated rings. The van der Waals surface area contributed by atoms with Crippen molar-refractivity contribution in [3.8, 4) is 0 Å². The molecule has 0 bridgehead atoms. The lowest BCUT2D eigenvalue weighted by Gasteiger charge is -2.23. The van der Waals surface area contributed by atoms with Gasteiger partial charge in [-0.05, 0) is 41.0 Å². The van der Waals surface area contributed by atoms with Crippen LogP contribution in [0.1, 0.15) is 53.9 Å². The van der Waals surface area contributed by atoms with Crippen molar-refractivity contribution in [2.75, 3.05) is 6.61 Å². The third-order valence-corrected chi connectivity index (χ3v) is 2.28. The molecule has 116 valence electrons. The van der Waals surface area contributed by atoms with E-state index >= 15 is 0 Å². The van der Waals surface area contributed by atoms with E-state index in [-0.39, 0.29) is 18.8 Å². The van der Waals surface area contributed by atoms with Crippen LogP contribution >= 0.6 is 0 Å². The summed E-state index contributed by atoms with van der Waals surface area (Å²) in [7, 11) is 0. The lowest BCUT2D eigenvalue weighted by molar-refractivity contribution is -0.143. The highest BCUT2D eigenvalue weighted by Gasteiger charge is 2.22. The van der Waals surface area contributed by atoms with E-state index in [1.165, 1.54) is 6.92 Å². The summed E-state index contributed by atoms with van der Waals surface area (Å²) in [6, 6.07) is -0.465. The van der Waals surface area contributed by atoms with Crippen LogP contribution in [-0.2, 0) is 19.1 Å². The number of carbonyl (C=O) groups is 3. The Labute approximate surface area is 120 Å². The lowest BCUT2D eigenvalue weighted by Crippen LogP contribution is -2.40. The Hall–Kier alpha value is -1.59. The molecule has 0 saturated carbocycles. The van der Waals surface area contributed by atoms with Gasteiger partial charge in [0.1, 0.15) is 11.4 Å². The summed E-state index contributed by atoms with van der Waals surface area (Å²) in [5.74, 6) is -0.401. The van der Waals surface area contributed by atoms with Crippen LogP contribution in [0.2, 0.25) is 0 Å². The molecule has 6 heteroatoms. The van der Waals surface area contributed by atoms with Gasteiger partial charge in [-0.2, -0.15) is 0 Å². The van der Waals surface area contributed by atoms with Crippen LogP contribution in [0, 0.1) is 0 Å². The van der Waals surface area contributed by atoms with E-state index in [0.717, 1.165) is 0 Å². The van der Waals surface area contributed by atoms with Crippen molar-refractivity contribution >= 4 is 17.8 Å². The highest BCUT2D eigenvalue weighted by atomic mass is 16.6. The molecule has 0 radical (unpaired) electrons. The van der Waals surface area contributed by atoms with Crippen molar-refractivity contribution in [2.45, 2.75) is 65.5 Å². The normalized spacial score (nSPS) is 12.4. The van der Waals surface area contributed by atoms with E-state index in [1.807, 2.05) is 0 Å². The molecule has 0 aromatic rings. The second kappa shape index (κ2) is 8.55. The zero-order valence-electron chi connectivity index (χ0n) is 12.9. The number of ether oxygens (including phenoxy) is 2. The molecule has 0 aliphatic carbocycles. The number of esters is 1. The van der Waals surface area contributed by atoms with Gasteiger partial charge in [0, 0.05) is 12.5 Å². The van der Waals surface area contributed by atoms with Crippen LogP contribution in [-0.4, -0.2) is 36.1 Å². The number of Topliss-reactive ketones (excluding diaryl/α,β-unsaturated/α-hetero) is 1. The zero-order chi connectivity index (χ0) is 15.8. The second-order valence-electron chi connectivity index (χ2n) is 5.59. The fraction of sp³-hybridized carbons (Fsp3) is 0.786. The van der Waals surface area contributed by atoms with Gasteiger partial charge in [0.15, 0.2) is 0 Å². The van der Waals surface area contributed by atoms with E-state index in [9.17, 15) is 14.4 Å². The minimum Gasteiger partial charge on any atom is -0.466 e. The summed E-state index contributed by atoms with van der Waals surface area (Å²) in [6.07, 6.45) is 0.100. The summed E-state index contributed by atoms with van der Waals surface area (Å²) < 4.78 is 9.98. The standard InChI is InChI=1S/C14H25NO5/c1-6-19-12(17)9-11(8-7-10(2)16)15-13(18)20-14(3,4)5/h11H,6-9H2,1-5H3,(H,15,18)/t11-/m0/s1. The largest absolute Gasteiger partial charge is 0.466 e. The molecule has 0 unspecified atom stereocenters. The predicted octanol–water partition coefficient (Wildman–Crippen LogP) is 2.20. The number of amides is 1. The Morgan fingerprint density at radius 2 is 1.80 bits per heavy atom. The predicted molar refractivity (Wildman–Crippen MR) is 74.3 cm³/mol.